The first-order valence-electron chi connectivity index (χ1n) is 7.10. The summed E-state index contributed by atoms with van der Waals surface area (Å²) in [5.74, 6) is 0.271. The molecule has 0 bridgehead atoms. The number of ether oxygens (including phenoxy) is 1. The van der Waals surface area contributed by atoms with Crippen LogP contribution in [0.3, 0.4) is 0 Å². The quantitative estimate of drug-likeness (QED) is 0.904. The van der Waals surface area contributed by atoms with Crippen LogP contribution in [0.4, 0.5) is 8.78 Å². The topological polar surface area (TPSA) is 41.6 Å². The van der Waals surface area contributed by atoms with Gasteiger partial charge in [-0.05, 0) is 31.0 Å². The molecule has 4 nitrogen and oxygen atoms in total. The van der Waals surface area contributed by atoms with E-state index in [0.717, 1.165) is 25.2 Å². The zero-order valence-corrected chi connectivity index (χ0v) is 12.0. The molecule has 1 aliphatic rings. The fourth-order valence-corrected chi connectivity index (χ4v) is 2.44. The fourth-order valence-electron chi connectivity index (χ4n) is 2.44. The number of benzene rings is 1. The SMILES string of the molecule is C[C@H]1CNCCN1C(=O)CCc1ccc(OC(F)F)cc1. The summed E-state index contributed by atoms with van der Waals surface area (Å²) in [6.07, 6.45) is 1.03. The van der Waals surface area contributed by atoms with Gasteiger partial charge in [-0.15, -0.1) is 0 Å². The van der Waals surface area contributed by atoms with E-state index in [1.54, 1.807) is 12.1 Å². The van der Waals surface area contributed by atoms with Crippen molar-refractivity contribution in [2.24, 2.45) is 0 Å². The molecule has 1 aliphatic heterocycles. The smallest absolute Gasteiger partial charge is 0.387 e. The predicted octanol–water partition coefficient (Wildman–Crippen LogP) is 2.04. The Morgan fingerprint density at radius 2 is 2.14 bits per heavy atom. The number of hydrogen-bond donors (Lipinski definition) is 1. The Bertz CT molecular complexity index is 465. The number of alkyl halides is 2. The Balaban J connectivity index is 1.83. The maximum atomic E-state index is 12.2. The van der Waals surface area contributed by atoms with E-state index < -0.39 is 6.61 Å². The second-order valence-corrected chi connectivity index (χ2v) is 5.16. The van der Waals surface area contributed by atoms with Crippen LogP contribution in [0.25, 0.3) is 0 Å². The van der Waals surface area contributed by atoms with Gasteiger partial charge in [-0.1, -0.05) is 12.1 Å². The van der Waals surface area contributed by atoms with E-state index in [1.165, 1.54) is 12.1 Å². The summed E-state index contributed by atoms with van der Waals surface area (Å²) < 4.78 is 28.4. The van der Waals surface area contributed by atoms with Crippen molar-refractivity contribution >= 4 is 5.91 Å². The molecular formula is C15H20F2N2O2. The van der Waals surface area contributed by atoms with Crippen molar-refractivity contribution < 1.29 is 18.3 Å². The highest BCUT2D eigenvalue weighted by atomic mass is 19.3. The van der Waals surface area contributed by atoms with Crippen molar-refractivity contribution in [2.75, 3.05) is 19.6 Å². The molecule has 1 atom stereocenters. The predicted molar refractivity (Wildman–Crippen MR) is 75.4 cm³/mol. The summed E-state index contributed by atoms with van der Waals surface area (Å²) in [5.41, 5.74) is 0.938. The lowest BCUT2D eigenvalue weighted by molar-refractivity contribution is -0.133. The fraction of sp³-hybridized carbons (Fsp3) is 0.533. The van der Waals surface area contributed by atoms with Crippen LogP contribution in [0.15, 0.2) is 24.3 Å². The third-order valence-electron chi connectivity index (χ3n) is 3.60. The number of carbonyl (C=O) groups excluding carboxylic acids is 1. The van der Waals surface area contributed by atoms with Crippen LogP contribution in [0, 0.1) is 0 Å². The van der Waals surface area contributed by atoms with Crippen LogP contribution in [0.5, 0.6) is 5.75 Å². The van der Waals surface area contributed by atoms with E-state index in [1.807, 2.05) is 11.8 Å². The van der Waals surface area contributed by atoms with Gasteiger partial charge >= 0.3 is 6.61 Å². The van der Waals surface area contributed by atoms with Crippen LogP contribution in [-0.2, 0) is 11.2 Å². The lowest BCUT2D eigenvalue weighted by atomic mass is 10.1. The molecule has 1 saturated heterocycles. The largest absolute Gasteiger partial charge is 0.435 e. The highest BCUT2D eigenvalue weighted by Crippen LogP contribution is 2.16. The summed E-state index contributed by atoms with van der Waals surface area (Å²) in [6.45, 7) is 1.61. The minimum absolute atomic E-state index is 0.135. The highest BCUT2D eigenvalue weighted by molar-refractivity contribution is 5.77. The van der Waals surface area contributed by atoms with Crippen molar-refractivity contribution in [3.63, 3.8) is 0 Å². The number of amides is 1. The second kappa shape index (κ2) is 7.36. The zero-order chi connectivity index (χ0) is 15.2. The number of rotatable bonds is 5. The Morgan fingerprint density at radius 3 is 2.76 bits per heavy atom. The van der Waals surface area contributed by atoms with E-state index >= 15 is 0 Å². The molecule has 0 aliphatic carbocycles. The summed E-state index contributed by atoms with van der Waals surface area (Å²) >= 11 is 0. The average Bonchev–Trinajstić information content (AvgIpc) is 2.46. The summed E-state index contributed by atoms with van der Waals surface area (Å²) in [6, 6.07) is 6.64. The monoisotopic (exact) mass is 298 g/mol. The summed E-state index contributed by atoms with van der Waals surface area (Å²) in [5, 5.41) is 3.25. The third kappa shape index (κ3) is 4.67. The molecule has 0 radical (unpaired) electrons. The van der Waals surface area contributed by atoms with Gasteiger partial charge in [0.1, 0.15) is 5.75 Å². The first-order valence-corrected chi connectivity index (χ1v) is 7.10. The minimum Gasteiger partial charge on any atom is -0.435 e. The molecule has 1 N–H and O–H groups in total. The van der Waals surface area contributed by atoms with E-state index in [9.17, 15) is 13.6 Å². The third-order valence-corrected chi connectivity index (χ3v) is 3.60. The zero-order valence-electron chi connectivity index (χ0n) is 12.0. The molecular weight excluding hydrogens is 278 g/mol. The van der Waals surface area contributed by atoms with Crippen molar-refractivity contribution in [3.05, 3.63) is 29.8 Å². The second-order valence-electron chi connectivity index (χ2n) is 5.16. The molecule has 1 fully saturated rings. The average molecular weight is 298 g/mol. The van der Waals surface area contributed by atoms with E-state index in [-0.39, 0.29) is 17.7 Å². The first-order chi connectivity index (χ1) is 10.1. The van der Waals surface area contributed by atoms with Crippen LogP contribution < -0.4 is 10.1 Å². The number of nitrogens with zero attached hydrogens (tertiary/aromatic N) is 1. The van der Waals surface area contributed by atoms with Gasteiger partial charge in [-0.2, -0.15) is 8.78 Å². The molecule has 2 rings (SSSR count). The lowest BCUT2D eigenvalue weighted by Crippen LogP contribution is -2.52. The van der Waals surface area contributed by atoms with E-state index in [0.29, 0.717) is 12.8 Å². The number of aryl methyl sites for hydroxylation is 1. The number of piperazine rings is 1. The molecule has 1 amide bonds. The highest BCUT2D eigenvalue weighted by Gasteiger charge is 2.22. The lowest BCUT2D eigenvalue weighted by Gasteiger charge is -2.34. The Kier molecular flexibility index (Phi) is 5.50. The Hall–Kier alpha value is -1.69. The normalized spacial score (nSPS) is 18.9. The van der Waals surface area contributed by atoms with Crippen LogP contribution in [0.2, 0.25) is 0 Å². The molecule has 0 saturated carbocycles. The molecule has 116 valence electrons. The standard InChI is InChI=1S/C15H20F2N2O2/c1-11-10-18-8-9-19(11)14(20)7-4-12-2-5-13(6-3-12)21-15(16)17/h2-3,5-6,11,15,18H,4,7-10H2,1H3/t11-/m0/s1. The molecule has 1 aromatic carbocycles. The van der Waals surface area contributed by atoms with Crippen LogP contribution >= 0.6 is 0 Å². The molecule has 21 heavy (non-hydrogen) atoms. The van der Waals surface area contributed by atoms with E-state index in [2.05, 4.69) is 10.1 Å². The van der Waals surface area contributed by atoms with Crippen molar-refractivity contribution in [2.45, 2.75) is 32.4 Å². The van der Waals surface area contributed by atoms with Crippen LogP contribution in [-0.4, -0.2) is 43.1 Å². The van der Waals surface area contributed by atoms with Crippen molar-refractivity contribution in [3.8, 4) is 5.75 Å². The molecule has 0 spiro atoms. The Labute approximate surface area is 123 Å². The Morgan fingerprint density at radius 1 is 1.43 bits per heavy atom. The number of carbonyl (C=O) groups is 1. The molecule has 1 heterocycles. The van der Waals surface area contributed by atoms with Gasteiger partial charge in [0.15, 0.2) is 0 Å². The van der Waals surface area contributed by atoms with Gasteiger partial charge in [0, 0.05) is 32.1 Å². The van der Waals surface area contributed by atoms with Crippen molar-refractivity contribution in [1.29, 1.82) is 0 Å². The van der Waals surface area contributed by atoms with Gasteiger partial charge in [-0.3, -0.25) is 4.79 Å². The van der Waals surface area contributed by atoms with Gasteiger partial charge in [0.25, 0.3) is 0 Å². The van der Waals surface area contributed by atoms with E-state index in [4.69, 9.17) is 0 Å². The summed E-state index contributed by atoms with van der Waals surface area (Å²) in [4.78, 5) is 14.1. The van der Waals surface area contributed by atoms with Crippen LogP contribution in [0.1, 0.15) is 18.9 Å². The summed E-state index contributed by atoms with van der Waals surface area (Å²) in [7, 11) is 0. The maximum absolute atomic E-state index is 12.2. The number of nitrogens with one attached hydrogen (secondary N) is 1. The molecule has 0 unspecified atom stereocenters. The van der Waals surface area contributed by atoms with Gasteiger partial charge < -0.3 is 15.0 Å². The first kappa shape index (κ1) is 15.7. The van der Waals surface area contributed by atoms with Gasteiger partial charge in [0.2, 0.25) is 5.91 Å². The van der Waals surface area contributed by atoms with Crippen molar-refractivity contribution in [1.82, 2.24) is 10.2 Å². The number of hydrogen-bond acceptors (Lipinski definition) is 3. The maximum Gasteiger partial charge on any atom is 0.387 e. The molecule has 0 aromatic heterocycles. The molecule has 6 heteroatoms. The number of halogens is 2. The minimum atomic E-state index is -2.81. The van der Waals surface area contributed by atoms with Gasteiger partial charge in [0.05, 0.1) is 0 Å². The molecule has 1 aromatic rings. The van der Waals surface area contributed by atoms with Gasteiger partial charge in [-0.25, -0.2) is 0 Å².